The average molecular weight is 243 g/mol. The average Bonchev–Trinajstić information content (AvgIpc) is 2.66. The maximum atomic E-state index is 4.18. The van der Waals surface area contributed by atoms with E-state index in [0.29, 0.717) is 0 Å². The van der Waals surface area contributed by atoms with Crippen molar-refractivity contribution in [1.29, 1.82) is 0 Å². The van der Waals surface area contributed by atoms with Gasteiger partial charge in [0.2, 0.25) is 0 Å². The molecule has 1 aliphatic rings. The number of nitrogens with zero attached hydrogens (tertiary/aromatic N) is 1. The van der Waals surface area contributed by atoms with Crippen LogP contribution in [0.1, 0.15) is 11.5 Å². The minimum absolute atomic E-state index is 0.785. The lowest BCUT2D eigenvalue weighted by Crippen LogP contribution is -2.28. The molecule has 0 radical (unpaired) electrons. The summed E-state index contributed by atoms with van der Waals surface area (Å²) in [6.45, 7) is 4.00. The zero-order valence-corrected chi connectivity index (χ0v) is 10.6. The Balaban J connectivity index is 1.65. The summed E-state index contributed by atoms with van der Waals surface area (Å²) in [5, 5.41) is 4.26. The third-order valence-corrected chi connectivity index (χ3v) is 5.17. The van der Waals surface area contributed by atoms with Crippen LogP contribution in [0.3, 0.4) is 0 Å². The standard InChI is InChI=1S/C10H17N3S2/c1-8-12-5-9(13-8)4-11-6-10-7-14-2-3-15-10/h5,10-11H,2-4,6-7H2,1H3,(H,12,13). The fourth-order valence-corrected chi connectivity index (χ4v) is 4.23. The van der Waals surface area contributed by atoms with Crippen molar-refractivity contribution in [2.45, 2.75) is 18.7 Å². The second-order valence-electron chi connectivity index (χ2n) is 3.69. The monoisotopic (exact) mass is 243 g/mol. The van der Waals surface area contributed by atoms with Crippen molar-refractivity contribution in [1.82, 2.24) is 15.3 Å². The summed E-state index contributed by atoms with van der Waals surface area (Å²) in [5.74, 6) is 4.91. The van der Waals surface area contributed by atoms with Crippen molar-refractivity contribution in [2.75, 3.05) is 23.8 Å². The van der Waals surface area contributed by atoms with Gasteiger partial charge in [0.15, 0.2) is 0 Å². The van der Waals surface area contributed by atoms with Gasteiger partial charge in [-0.15, -0.1) is 0 Å². The van der Waals surface area contributed by atoms with Crippen molar-refractivity contribution in [3.63, 3.8) is 0 Å². The number of aromatic nitrogens is 2. The maximum Gasteiger partial charge on any atom is 0.103 e. The Labute approximate surface area is 99.2 Å². The number of H-pyrrole nitrogens is 1. The zero-order valence-electron chi connectivity index (χ0n) is 8.95. The number of aromatic amines is 1. The summed E-state index contributed by atoms with van der Waals surface area (Å²) in [6, 6.07) is 0. The molecule has 3 nitrogen and oxygen atoms in total. The summed E-state index contributed by atoms with van der Waals surface area (Å²) in [5.41, 5.74) is 1.18. The second-order valence-corrected chi connectivity index (χ2v) is 6.25. The fourth-order valence-electron chi connectivity index (χ4n) is 1.58. The van der Waals surface area contributed by atoms with E-state index < -0.39 is 0 Å². The van der Waals surface area contributed by atoms with Gasteiger partial charge in [-0.2, -0.15) is 23.5 Å². The molecule has 1 aliphatic heterocycles. The Morgan fingerprint density at radius 2 is 2.53 bits per heavy atom. The molecule has 0 aromatic carbocycles. The molecule has 1 atom stereocenters. The summed E-state index contributed by atoms with van der Waals surface area (Å²) in [7, 11) is 0. The van der Waals surface area contributed by atoms with E-state index in [4.69, 9.17) is 0 Å². The van der Waals surface area contributed by atoms with Crippen molar-refractivity contribution < 1.29 is 0 Å². The number of hydrogen-bond donors (Lipinski definition) is 2. The zero-order chi connectivity index (χ0) is 10.5. The van der Waals surface area contributed by atoms with Gasteiger partial charge in [0, 0.05) is 47.5 Å². The topological polar surface area (TPSA) is 40.7 Å². The first kappa shape index (κ1) is 11.4. The van der Waals surface area contributed by atoms with E-state index in [1.54, 1.807) is 0 Å². The van der Waals surface area contributed by atoms with Crippen LogP contribution in [0.2, 0.25) is 0 Å². The molecule has 0 spiro atoms. The van der Waals surface area contributed by atoms with Gasteiger partial charge >= 0.3 is 0 Å². The van der Waals surface area contributed by atoms with Gasteiger partial charge < -0.3 is 10.3 Å². The molecule has 2 rings (SSSR count). The molecule has 1 saturated heterocycles. The van der Waals surface area contributed by atoms with E-state index in [2.05, 4.69) is 38.8 Å². The van der Waals surface area contributed by atoms with Gasteiger partial charge in [0.25, 0.3) is 0 Å². The highest BCUT2D eigenvalue weighted by atomic mass is 32.2. The number of rotatable bonds is 4. The minimum atomic E-state index is 0.785. The van der Waals surface area contributed by atoms with Gasteiger partial charge in [-0.1, -0.05) is 0 Å². The molecule has 0 aliphatic carbocycles. The Hall–Kier alpha value is -0.130. The smallest absolute Gasteiger partial charge is 0.103 e. The number of aryl methyl sites for hydroxylation is 1. The van der Waals surface area contributed by atoms with E-state index in [1.165, 1.54) is 23.0 Å². The van der Waals surface area contributed by atoms with Gasteiger partial charge in [0.1, 0.15) is 5.82 Å². The number of thioether (sulfide) groups is 2. The number of hydrogen-bond acceptors (Lipinski definition) is 4. The Morgan fingerprint density at radius 1 is 1.60 bits per heavy atom. The molecular weight excluding hydrogens is 226 g/mol. The Morgan fingerprint density at radius 3 is 3.20 bits per heavy atom. The molecule has 1 aromatic rings. The molecule has 1 fully saturated rings. The Bertz CT molecular complexity index is 295. The molecular formula is C10H17N3S2. The van der Waals surface area contributed by atoms with Crippen LogP contribution in [0.4, 0.5) is 0 Å². The SMILES string of the molecule is Cc1ncc(CNCC2CSCCS2)[nH]1. The maximum absolute atomic E-state index is 4.18. The molecule has 2 N–H and O–H groups in total. The molecule has 1 aromatic heterocycles. The highest BCUT2D eigenvalue weighted by Crippen LogP contribution is 2.23. The predicted molar refractivity (Wildman–Crippen MR) is 68.6 cm³/mol. The molecule has 84 valence electrons. The summed E-state index contributed by atoms with van der Waals surface area (Å²) in [4.78, 5) is 7.41. The third-order valence-electron chi connectivity index (χ3n) is 2.33. The summed E-state index contributed by atoms with van der Waals surface area (Å²) >= 11 is 4.17. The van der Waals surface area contributed by atoms with Crippen LogP contribution < -0.4 is 5.32 Å². The molecule has 0 saturated carbocycles. The molecule has 0 bridgehead atoms. The first-order valence-electron chi connectivity index (χ1n) is 5.25. The summed E-state index contributed by atoms with van der Waals surface area (Å²) < 4.78 is 0. The summed E-state index contributed by atoms with van der Waals surface area (Å²) in [6.07, 6.45) is 1.91. The molecule has 1 unspecified atom stereocenters. The quantitative estimate of drug-likeness (QED) is 0.844. The van der Waals surface area contributed by atoms with Gasteiger partial charge in [-0.05, 0) is 6.92 Å². The van der Waals surface area contributed by atoms with Crippen molar-refractivity contribution >= 4 is 23.5 Å². The molecule has 15 heavy (non-hydrogen) atoms. The van der Waals surface area contributed by atoms with Crippen LogP contribution in [-0.2, 0) is 6.54 Å². The van der Waals surface area contributed by atoms with E-state index in [0.717, 1.165) is 24.2 Å². The van der Waals surface area contributed by atoms with E-state index in [1.807, 2.05) is 13.1 Å². The van der Waals surface area contributed by atoms with E-state index >= 15 is 0 Å². The minimum Gasteiger partial charge on any atom is -0.345 e. The first-order valence-corrected chi connectivity index (χ1v) is 7.45. The molecule has 5 heteroatoms. The highest BCUT2D eigenvalue weighted by molar-refractivity contribution is 8.06. The number of nitrogens with one attached hydrogen (secondary N) is 2. The fraction of sp³-hybridized carbons (Fsp3) is 0.700. The Kier molecular flexibility index (Phi) is 4.41. The van der Waals surface area contributed by atoms with E-state index in [9.17, 15) is 0 Å². The molecule has 2 heterocycles. The van der Waals surface area contributed by atoms with Crippen LogP contribution in [0.15, 0.2) is 6.20 Å². The van der Waals surface area contributed by atoms with Crippen molar-refractivity contribution in [3.05, 3.63) is 17.7 Å². The van der Waals surface area contributed by atoms with E-state index in [-0.39, 0.29) is 0 Å². The van der Waals surface area contributed by atoms with Crippen LogP contribution in [0.5, 0.6) is 0 Å². The van der Waals surface area contributed by atoms with Crippen molar-refractivity contribution in [3.8, 4) is 0 Å². The lowest BCUT2D eigenvalue weighted by atomic mass is 10.4. The molecule has 0 amide bonds. The van der Waals surface area contributed by atoms with Crippen molar-refractivity contribution in [2.24, 2.45) is 0 Å². The normalized spacial score (nSPS) is 21.8. The predicted octanol–water partition coefficient (Wildman–Crippen LogP) is 1.66. The highest BCUT2D eigenvalue weighted by Gasteiger charge is 2.13. The second kappa shape index (κ2) is 5.82. The van der Waals surface area contributed by atoms with Gasteiger partial charge in [0.05, 0.1) is 0 Å². The number of imidazole rings is 1. The largest absolute Gasteiger partial charge is 0.345 e. The lowest BCUT2D eigenvalue weighted by molar-refractivity contribution is 0.676. The lowest BCUT2D eigenvalue weighted by Gasteiger charge is -2.20. The third kappa shape index (κ3) is 3.74. The van der Waals surface area contributed by atoms with Crippen LogP contribution in [-0.4, -0.2) is 39.0 Å². The van der Waals surface area contributed by atoms with Gasteiger partial charge in [-0.25, -0.2) is 4.98 Å². The van der Waals surface area contributed by atoms with Crippen LogP contribution in [0, 0.1) is 6.92 Å². The van der Waals surface area contributed by atoms with Gasteiger partial charge in [-0.3, -0.25) is 0 Å². The van der Waals surface area contributed by atoms with Crippen LogP contribution >= 0.6 is 23.5 Å². The van der Waals surface area contributed by atoms with Crippen LogP contribution in [0.25, 0.3) is 0 Å². The first-order chi connectivity index (χ1) is 7.34.